The van der Waals surface area contributed by atoms with Crippen molar-refractivity contribution in [2.24, 2.45) is 0 Å². The van der Waals surface area contributed by atoms with Crippen molar-refractivity contribution in [3.8, 4) is 0 Å². The van der Waals surface area contributed by atoms with Crippen LogP contribution in [-0.4, -0.2) is 49.2 Å². The Morgan fingerprint density at radius 1 is 1.50 bits per heavy atom. The minimum absolute atomic E-state index is 0.0540. The Labute approximate surface area is 134 Å². The van der Waals surface area contributed by atoms with E-state index < -0.39 is 0 Å². The van der Waals surface area contributed by atoms with Gasteiger partial charge in [0.25, 0.3) is 0 Å². The highest BCUT2D eigenvalue weighted by Crippen LogP contribution is 2.42. The van der Waals surface area contributed by atoms with Crippen molar-refractivity contribution >= 4 is 46.7 Å². The van der Waals surface area contributed by atoms with E-state index in [1.165, 1.54) is 0 Å². The van der Waals surface area contributed by atoms with E-state index in [4.69, 9.17) is 11.6 Å². The molecule has 0 radical (unpaired) electrons. The first-order chi connectivity index (χ1) is 9.54. The van der Waals surface area contributed by atoms with E-state index in [1.807, 2.05) is 36.0 Å². The summed E-state index contributed by atoms with van der Waals surface area (Å²) in [7, 11) is 3.98. The molecule has 110 valence electrons. The molecule has 1 aromatic rings. The van der Waals surface area contributed by atoms with Crippen LogP contribution in [0.4, 0.5) is 5.69 Å². The summed E-state index contributed by atoms with van der Waals surface area (Å²) < 4.78 is 0. The Hall–Kier alpha value is -0.520. The smallest absolute Gasteiger partial charge is 0.233 e. The van der Waals surface area contributed by atoms with Crippen molar-refractivity contribution in [2.75, 3.05) is 43.3 Å². The van der Waals surface area contributed by atoms with Crippen LogP contribution in [0.25, 0.3) is 0 Å². The maximum Gasteiger partial charge on any atom is 0.233 e. The second-order valence-corrected chi connectivity index (χ2v) is 7.30. The monoisotopic (exact) mass is 330 g/mol. The second kappa shape index (κ2) is 6.96. The molecule has 3 nitrogen and oxygen atoms in total. The van der Waals surface area contributed by atoms with Gasteiger partial charge in [-0.05, 0) is 18.4 Å². The minimum Gasteiger partial charge on any atom is -0.378 e. The summed E-state index contributed by atoms with van der Waals surface area (Å²) in [6.45, 7) is 0.781. The van der Waals surface area contributed by atoms with Gasteiger partial charge in [0.1, 0.15) is 5.37 Å². The Bertz CT molecular complexity index is 496. The normalized spacial score (nSPS) is 18.7. The molecule has 1 aromatic carbocycles. The van der Waals surface area contributed by atoms with Gasteiger partial charge in [0.15, 0.2) is 0 Å². The molecule has 20 heavy (non-hydrogen) atoms. The van der Waals surface area contributed by atoms with Gasteiger partial charge in [-0.15, -0.1) is 11.8 Å². The molecule has 1 fully saturated rings. The molecule has 0 N–H and O–H groups in total. The maximum atomic E-state index is 12.0. The summed E-state index contributed by atoms with van der Waals surface area (Å²) in [4.78, 5) is 16.0. The van der Waals surface area contributed by atoms with Crippen molar-refractivity contribution in [2.45, 2.75) is 5.37 Å². The van der Waals surface area contributed by atoms with Gasteiger partial charge in [-0.25, -0.2) is 0 Å². The molecule has 0 aliphatic carbocycles. The van der Waals surface area contributed by atoms with Gasteiger partial charge < -0.3 is 9.80 Å². The molecule has 1 saturated heterocycles. The number of nitrogens with zero attached hydrogens (tertiary/aromatic N) is 2. The Kier molecular flexibility index (Phi) is 5.52. The first-order valence-electron chi connectivity index (χ1n) is 6.41. The zero-order valence-corrected chi connectivity index (χ0v) is 14.3. The molecular formula is C14H19ClN2OS2. The number of amides is 1. The van der Waals surface area contributed by atoms with Gasteiger partial charge in [-0.2, -0.15) is 11.8 Å². The Balaban J connectivity index is 2.23. The molecule has 1 aliphatic heterocycles. The molecule has 1 unspecified atom stereocenters. The quantitative estimate of drug-likeness (QED) is 0.826. The third kappa shape index (κ3) is 3.38. The van der Waals surface area contributed by atoms with E-state index in [2.05, 4.69) is 12.3 Å². The lowest BCUT2D eigenvalue weighted by Gasteiger charge is -2.25. The number of carbonyl (C=O) groups is 1. The predicted molar refractivity (Wildman–Crippen MR) is 91.1 cm³/mol. The van der Waals surface area contributed by atoms with E-state index in [0.717, 1.165) is 28.6 Å². The van der Waals surface area contributed by atoms with Crippen LogP contribution in [0.5, 0.6) is 0 Å². The summed E-state index contributed by atoms with van der Waals surface area (Å²) in [5, 5.41) is 0.788. The predicted octanol–water partition coefficient (Wildman–Crippen LogP) is 3.34. The molecular weight excluding hydrogens is 312 g/mol. The number of halogens is 1. The third-order valence-electron chi connectivity index (χ3n) is 3.27. The van der Waals surface area contributed by atoms with Crippen molar-refractivity contribution in [1.29, 1.82) is 0 Å². The van der Waals surface area contributed by atoms with Crippen LogP contribution in [0.15, 0.2) is 18.2 Å². The summed E-state index contributed by atoms with van der Waals surface area (Å²) in [6.07, 6.45) is 2.06. The lowest BCUT2D eigenvalue weighted by molar-refractivity contribution is -0.127. The molecule has 2 rings (SSSR count). The summed E-state index contributed by atoms with van der Waals surface area (Å²) in [5.74, 6) is 1.71. The molecule has 0 spiro atoms. The summed E-state index contributed by atoms with van der Waals surface area (Å²) >= 11 is 9.83. The molecule has 1 amide bonds. The zero-order valence-electron chi connectivity index (χ0n) is 11.9. The van der Waals surface area contributed by atoms with Crippen molar-refractivity contribution < 1.29 is 4.79 Å². The highest BCUT2D eigenvalue weighted by molar-refractivity contribution is 8.00. The van der Waals surface area contributed by atoms with Crippen LogP contribution in [0.3, 0.4) is 0 Å². The maximum absolute atomic E-state index is 12.0. The fourth-order valence-electron chi connectivity index (χ4n) is 2.14. The van der Waals surface area contributed by atoms with E-state index in [0.29, 0.717) is 5.75 Å². The average molecular weight is 331 g/mol. The fraction of sp³-hybridized carbons (Fsp3) is 0.500. The topological polar surface area (TPSA) is 23.6 Å². The average Bonchev–Trinajstić information content (AvgIpc) is 2.77. The van der Waals surface area contributed by atoms with Gasteiger partial charge in [0.2, 0.25) is 5.91 Å². The van der Waals surface area contributed by atoms with E-state index in [9.17, 15) is 4.79 Å². The number of hydrogen-bond donors (Lipinski definition) is 0. The van der Waals surface area contributed by atoms with E-state index >= 15 is 0 Å². The van der Waals surface area contributed by atoms with Crippen LogP contribution in [0.2, 0.25) is 5.02 Å². The van der Waals surface area contributed by atoms with Crippen LogP contribution in [0.1, 0.15) is 10.9 Å². The highest BCUT2D eigenvalue weighted by atomic mass is 35.5. The molecule has 0 saturated carbocycles. The first-order valence-corrected chi connectivity index (χ1v) is 9.23. The first kappa shape index (κ1) is 15.9. The molecule has 1 aliphatic rings. The van der Waals surface area contributed by atoms with Gasteiger partial charge in [-0.3, -0.25) is 4.79 Å². The zero-order chi connectivity index (χ0) is 14.7. The van der Waals surface area contributed by atoms with Crippen LogP contribution < -0.4 is 4.90 Å². The number of carbonyl (C=O) groups excluding carboxylic acids is 1. The van der Waals surface area contributed by atoms with Gasteiger partial charge in [0.05, 0.1) is 5.75 Å². The molecule has 6 heteroatoms. The number of hydrogen-bond acceptors (Lipinski definition) is 4. The lowest BCUT2D eigenvalue weighted by atomic mass is 10.1. The number of benzene rings is 1. The molecule has 1 atom stereocenters. The lowest BCUT2D eigenvalue weighted by Crippen LogP contribution is -2.30. The molecule has 0 bridgehead atoms. The SMILES string of the molecule is CSCCN1C(=O)CSC1c1ccc(N(C)C)cc1Cl. The fourth-order valence-corrected chi connectivity index (χ4v) is 4.11. The Morgan fingerprint density at radius 2 is 2.25 bits per heavy atom. The Morgan fingerprint density at radius 3 is 2.85 bits per heavy atom. The molecule has 1 heterocycles. The summed E-state index contributed by atoms with van der Waals surface area (Å²) in [5.41, 5.74) is 2.11. The second-order valence-electron chi connectivity index (χ2n) is 4.84. The van der Waals surface area contributed by atoms with Crippen LogP contribution >= 0.6 is 35.1 Å². The largest absolute Gasteiger partial charge is 0.378 e. The van der Waals surface area contributed by atoms with E-state index in [1.54, 1.807) is 23.5 Å². The number of thioether (sulfide) groups is 2. The van der Waals surface area contributed by atoms with Crippen molar-refractivity contribution in [3.63, 3.8) is 0 Å². The van der Waals surface area contributed by atoms with Gasteiger partial charge in [-0.1, -0.05) is 17.7 Å². The standard InChI is InChI=1S/C14H19ClN2OS2/c1-16(2)10-4-5-11(12(15)8-10)14-17(6-7-19-3)13(18)9-20-14/h4-5,8,14H,6-7,9H2,1-3H3. The van der Waals surface area contributed by atoms with Crippen molar-refractivity contribution in [3.05, 3.63) is 28.8 Å². The van der Waals surface area contributed by atoms with E-state index in [-0.39, 0.29) is 11.3 Å². The van der Waals surface area contributed by atoms with Crippen LogP contribution in [0, 0.1) is 0 Å². The number of anilines is 1. The third-order valence-corrected chi connectivity index (χ3v) is 5.43. The van der Waals surface area contributed by atoms with Crippen molar-refractivity contribution in [1.82, 2.24) is 4.90 Å². The highest BCUT2D eigenvalue weighted by Gasteiger charge is 2.33. The number of rotatable bonds is 5. The van der Waals surface area contributed by atoms with Gasteiger partial charge >= 0.3 is 0 Å². The summed E-state index contributed by atoms with van der Waals surface area (Å²) in [6, 6.07) is 6.06. The van der Waals surface area contributed by atoms with Crippen LogP contribution in [-0.2, 0) is 4.79 Å². The molecule has 0 aromatic heterocycles. The minimum atomic E-state index is 0.0540. The van der Waals surface area contributed by atoms with Gasteiger partial charge in [0, 0.05) is 42.7 Å².